The second-order valence-corrected chi connectivity index (χ2v) is 8.06. The van der Waals surface area contributed by atoms with Gasteiger partial charge in [-0.05, 0) is 56.1 Å². The first kappa shape index (κ1) is 18.2. The van der Waals surface area contributed by atoms with E-state index >= 15 is 0 Å². The van der Waals surface area contributed by atoms with E-state index in [1.165, 1.54) is 12.8 Å². The van der Waals surface area contributed by atoms with Gasteiger partial charge < -0.3 is 14.5 Å². The monoisotopic (exact) mass is 364 g/mol. The molecule has 0 unspecified atom stereocenters. The second-order valence-electron chi connectivity index (χ2n) is 8.06. The maximum atomic E-state index is 13.3. The van der Waals surface area contributed by atoms with E-state index in [0.717, 1.165) is 23.2 Å². The number of amides is 1. The molecule has 0 radical (unpaired) electrons. The molecule has 4 nitrogen and oxygen atoms in total. The van der Waals surface area contributed by atoms with Crippen molar-refractivity contribution in [3.63, 3.8) is 0 Å². The molecule has 2 aromatic rings. The summed E-state index contributed by atoms with van der Waals surface area (Å²) in [4.78, 5) is 17.4. The Bertz CT molecular complexity index is 786. The van der Waals surface area contributed by atoms with Gasteiger partial charge in [0.05, 0.1) is 12.6 Å². The summed E-state index contributed by atoms with van der Waals surface area (Å²) in [6, 6.07) is 18.3. The fraction of sp³-hybridized carbons (Fsp3) is 0.435. The normalized spacial score (nSPS) is 22.9. The Morgan fingerprint density at radius 1 is 1.07 bits per heavy atom. The Hall–Kier alpha value is -2.17. The number of morpholine rings is 1. The molecule has 2 aliphatic rings. The van der Waals surface area contributed by atoms with E-state index in [4.69, 9.17) is 4.74 Å². The lowest BCUT2D eigenvalue weighted by Crippen LogP contribution is -2.47. The van der Waals surface area contributed by atoms with Crippen LogP contribution < -0.4 is 0 Å². The molecule has 1 aliphatic heterocycles. The molecule has 1 saturated heterocycles. The number of ether oxygens (including phenoxy) is 1. The highest BCUT2D eigenvalue weighted by molar-refractivity contribution is 5.94. The molecule has 2 aromatic carbocycles. The van der Waals surface area contributed by atoms with Crippen molar-refractivity contribution in [3.05, 3.63) is 71.3 Å². The van der Waals surface area contributed by atoms with Crippen molar-refractivity contribution in [1.82, 2.24) is 9.80 Å². The molecule has 0 spiro atoms. The van der Waals surface area contributed by atoms with Crippen LogP contribution in [-0.2, 0) is 11.3 Å². The topological polar surface area (TPSA) is 32.8 Å². The number of rotatable bonds is 5. The minimum atomic E-state index is -0.0422. The van der Waals surface area contributed by atoms with Crippen LogP contribution in [0.3, 0.4) is 0 Å². The van der Waals surface area contributed by atoms with Gasteiger partial charge in [0, 0.05) is 18.7 Å². The highest BCUT2D eigenvalue weighted by Crippen LogP contribution is 2.39. The molecular weight excluding hydrogens is 336 g/mol. The van der Waals surface area contributed by atoms with Gasteiger partial charge in [-0.2, -0.15) is 0 Å². The van der Waals surface area contributed by atoms with Crippen LogP contribution in [0.4, 0.5) is 0 Å². The third-order valence-corrected chi connectivity index (χ3v) is 5.40. The molecule has 2 fully saturated rings. The zero-order valence-electron chi connectivity index (χ0n) is 16.2. The Morgan fingerprint density at radius 2 is 1.85 bits per heavy atom. The fourth-order valence-corrected chi connectivity index (χ4v) is 3.89. The standard InChI is InChI=1S/C23H28N2O2/c1-24(2)14-17-7-6-10-20(13-17)23(26)25-15-21(18-8-4-3-5-9-18)27-22(16-25)19-11-12-19/h3-10,13,19,21-22H,11-12,14-16H2,1-2H3/t21-,22+/m0/s1. The lowest BCUT2D eigenvalue weighted by molar-refractivity contribution is -0.0864. The van der Waals surface area contributed by atoms with Crippen LogP contribution in [-0.4, -0.2) is 49.0 Å². The van der Waals surface area contributed by atoms with Gasteiger partial charge in [0.2, 0.25) is 0 Å². The summed E-state index contributed by atoms with van der Waals surface area (Å²) in [6.07, 6.45) is 2.54. The zero-order chi connectivity index (χ0) is 18.8. The average Bonchev–Trinajstić information content (AvgIpc) is 3.53. The van der Waals surface area contributed by atoms with E-state index in [0.29, 0.717) is 19.0 Å². The number of nitrogens with zero attached hydrogens (tertiary/aromatic N) is 2. The van der Waals surface area contributed by atoms with Crippen LogP contribution >= 0.6 is 0 Å². The number of hydrogen-bond donors (Lipinski definition) is 0. The predicted molar refractivity (Wildman–Crippen MR) is 107 cm³/mol. The first-order valence-electron chi connectivity index (χ1n) is 9.83. The highest BCUT2D eigenvalue weighted by atomic mass is 16.5. The Balaban J connectivity index is 1.55. The van der Waals surface area contributed by atoms with E-state index in [9.17, 15) is 4.79 Å². The summed E-state index contributed by atoms with van der Waals surface area (Å²) >= 11 is 0. The molecule has 27 heavy (non-hydrogen) atoms. The molecule has 4 rings (SSSR count). The first-order chi connectivity index (χ1) is 13.1. The van der Waals surface area contributed by atoms with Crippen LogP contribution in [0.1, 0.15) is 40.4 Å². The van der Waals surface area contributed by atoms with Gasteiger partial charge in [-0.3, -0.25) is 4.79 Å². The van der Waals surface area contributed by atoms with Crippen LogP contribution in [0.25, 0.3) is 0 Å². The van der Waals surface area contributed by atoms with Gasteiger partial charge in [-0.15, -0.1) is 0 Å². The summed E-state index contributed by atoms with van der Waals surface area (Å²) < 4.78 is 6.39. The van der Waals surface area contributed by atoms with E-state index in [1.54, 1.807) is 0 Å². The Kier molecular flexibility index (Phi) is 5.28. The van der Waals surface area contributed by atoms with E-state index < -0.39 is 0 Å². The Labute approximate surface area is 161 Å². The second kappa shape index (κ2) is 7.83. The van der Waals surface area contributed by atoms with Crippen molar-refractivity contribution in [1.29, 1.82) is 0 Å². The van der Waals surface area contributed by atoms with Gasteiger partial charge in [-0.25, -0.2) is 0 Å². The number of hydrogen-bond acceptors (Lipinski definition) is 3. The summed E-state index contributed by atoms with van der Waals surface area (Å²) in [7, 11) is 4.09. The molecule has 142 valence electrons. The number of benzene rings is 2. The number of carbonyl (C=O) groups is 1. The van der Waals surface area contributed by atoms with Gasteiger partial charge in [0.15, 0.2) is 0 Å². The van der Waals surface area contributed by atoms with Crippen molar-refractivity contribution in [3.8, 4) is 0 Å². The minimum absolute atomic E-state index is 0.0422. The van der Waals surface area contributed by atoms with Crippen LogP contribution in [0.5, 0.6) is 0 Å². The molecule has 2 atom stereocenters. The van der Waals surface area contributed by atoms with E-state index in [2.05, 4.69) is 23.1 Å². The molecule has 1 amide bonds. The zero-order valence-corrected chi connectivity index (χ0v) is 16.2. The summed E-state index contributed by atoms with van der Waals surface area (Å²) in [5.41, 5.74) is 3.09. The SMILES string of the molecule is CN(C)Cc1cccc(C(=O)N2C[C@@H](c3ccccc3)O[C@@H](C3CC3)C2)c1. The summed E-state index contributed by atoms with van der Waals surface area (Å²) in [5.74, 6) is 0.720. The largest absolute Gasteiger partial charge is 0.366 e. The van der Waals surface area contributed by atoms with Crippen molar-refractivity contribution < 1.29 is 9.53 Å². The molecule has 0 bridgehead atoms. The van der Waals surface area contributed by atoms with Gasteiger partial charge >= 0.3 is 0 Å². The van der Waals surface area contributed by atoms with Crippen LogP contribution in [0.15, 0.2) is 54.6 Å². The van der Waals surface area contributed by atoms with Crippen molar-refractivity contribution in [2.75, 3.05) is 27.2 Å². The quantitative estimate of drug-likeness (QED) is 0.810. The molecular formula is C23H28N2O2. The first-order valence-corrected chi connectivity index (χ1v) is 9.83. The van der Waals surface area contributed by atoms with Gasteiger partial charge in [-0.1, -0.05) is 42.5 Å². The molecule has 1 saturated carbocycles. The van der Waals surface area contributed by atoms with Crippen molar-refractivity contribution in [2.24, 2.45) is 5.92 Å². The average molecular weight is 364 g/mol. The molecule has 1 aliphatic carbocycles. The lowest BCUT2D eigenvalue weighted by Gasteiger charge is -2.38. The maximum Gasteiger partial charge on any atom is 0.254 e. The molecule has 1 heterocycles. The highest BCUT2D eigenvalue weighted by Gasteiger charge is 2.40. The predicted octanol–water partition coefficient (Wildman–Crippen LogP) is 3.74. The maximum absolute atomic E-state index is 13.3. The number of carbonyl (C=O) groups excluding carboxylic acids is 1. The summed E-state index contributed by atoms with van der Waals surface area (Å²) in [5, 5.41) is 0. The van der Waals surface area contributed by atoms with Crippen molar-refractivity contribution >= 4 is 5.91 Å². The molecule has 0 N–H and O–H groups in total. The van der Waals surface area contributed by atoms with Crippen LogP contribution in [0.2, 0.25) is 0 Å². The van der Waals surface area contributed by atoms with Gasteiger partial charge in [0.1, 0.15) is 6.10 Å². The van der Waals surface area contributed by atoms with Crippen molar-refractivity contribution in [2.45, 2.75) is 31.6 Å². The van der Waals surface area contributed by atoms with E-state index in [1.807, 2.05) is 55.4 Å². The third-order valence-electron chi connectivity index (χ3n) is 5.40. The summed E-state index contributed by atoms with van der Waals surface area (Å²) in [6.45, 7) is 2.15. The minimum Gasteiger partial charge on any atom is -0.366 e. The smallest absolute Gasteiger partial charge is 0.254 e. The molecule has 0 aromatic heterocycles. The van der Waals surface area contributed by atoms with E-state index in [-0.39, 0.29) is 18.1 Å². The lowest BCUT2D eigenvalue weighted by atomic mass is 10.0. The Morgan fingerprint density at radius 3 is 2.56 bits per heavy atom. The van der Waals surface area contributed by atoms with Gasteiger partial charge in [0.25, 0.3) is 5.91 Å². The molecule has 4 heteroatoms. The fourth-order valence-electron chi connectivity index (χ4n) is 3.89. The third kappa shape index (κ3) is 4.40. The van der Waals surface area contributed by atoms with Crippen LogP contribution in [0, 0.1) is 5.92 Å².